The van der Waals surface area contributed by atoms with Crippen LogP contribution < -0.4 is 5.73 Å². The Bertz CT molecular complexity index is 1370. The second-order valence-electron chi connectivity index (χ2n) is 9.73. The molecule has 0 spiro atoms. The van der Waals surface area contributed by atoms with Gasteiger partial charge >= 0.3 is 0 Å². The topological polar surface area (TPSA) is 172 Å². The Morgan fingerprint density at radius 1 is 1.06 bits per heavy atom. The van der Waals surface area contributed by atoms with E-state index in [2.05, 4.69) is 0 Å². The molecule has 10 heteroatoms. The molecule has 5 rings (SSSR count). The van der Waals surface area contributed by atoms with Crippen LogP contribution >= 0.6 is 0 Å². The average molecular weight is 495 g/mol. The Balaban J connectivity index is 1.70. The largest absolute Gasteiger partial charge is 0.507 e. The molecule has 2 aromatic carbocycles. The van der Waals surface area contributed by atoms with Crippen molar-refractivity contribution in [2.45, 2.75) is 31.0 Å². The fourth-order valence-corrected chi connectivity index (χ4v) is 6.32. The zero-order chi connectivity index (χ0) is 26.3. The number of aromatic hydroxyl groups is 1. The van der Waals surface area contributed by atoms with E-state index < -0.39 is 88.3 Å². The van der Waals surface area contributed by atoms with Crippen molar-refractivity contribution in [3.63, 3.8) is 0 Å². The number of aliphatic hydroxyl groups is 2. The van der Waals surface area contributed by atoms with E-state index in [-0.39, 0.29) is 5.56 Å². The number of phenolic OH excluding ortho intramolecular Hbond substituents is 1. The summed E-state index contributed by atoms with van der Waals surface area (Å²) in [6.45, 7) is 1.62. The second-order valence-corrected chi connectivity index (χ2v) is 9.73. The molecular formula is C26H22FNO8. The van der Waals surface area contributed by atoms with Crippen LogP contribution in [0.1, 0.15) is 35.2 Å². The molecule has 186 valence electrons. The van der Waals surface area contributed by atoms with E-state index in [1.807, 2.05) is 0 Å². The van der Waals surface area contributed by atoms with Crippen LogP contribution in [0.15, 0.2) is 36.4 Å². The number of phenols is 1. The number of ketones is 4. The molecule has 0 aromatic heterocycles. The Labute approximate surface area is 203 Å². The maximum absolute atomic E-state index is 13.7. The Hall–Kier alpha value is -3.76. The van der Waals surface area contributed by atoms with Gasteiger partial charge in [-0.25, -0.2) is 4.39 Å². The number of rotatable bonds is 2. The quantitative estimate of drug-likeness (QED) is 0.440. The monoisotopic (exact) mass is 495 g/mol. The van der Waals surface area contributed by atoms with Crippen molar-refractivity contribution >= 4 is 29.0 Å². The lowest BCUT2D eigenvalue weighted by molar-refractivity contribution is -0.189. The second kappa shape index (κ2) is 7.87. The van der Waals surface area contributed by atoms with Crippen LogP contribution in [-0.4, -0.2) is 56.1 Å². The lowest BCUT2D eigenvalue weighted by atomic mass is 9.50. The lowest BCUT2D eigenvalue weighted by Crippen LogP contribution is -2.72. The number of primary amides is 1. The first kappa shape index (κ1) is 24.0. The van der Waals surface area contributed by atoms with E-state index in [1.54, 1.807) is 6.92 Å². The fourth-order valence-electron chi connectivity index (χ4n) is 6.32. The summed E-state index contributed by atoms with van der Waals surface area (Å²) in [5.74, 6) is -14.1. The molecule has 5 N–H and O–H groups in total. The van der Waals surface area contributed by atoms with Crippen LogP contribution in [-0.2, 0) is 19.2 Å². The summed E-state index contributed by atoms with van der Waals surface area (Å²) in [6.07, 6.45) is -2.32. The van der Waals surface area contributed by atoms with Crippen LogP contribution in [0.4, 0.5) is 4.39 Å². The zero-order valence-electron chi connectivity index (χ0n) is 19.0. The van der Waals surface area contributed by atoms with Gasteiger partial charge in [0, 0.05) is 18.3 Å². The van der Waals surface area contributed by atoms with Gasteiger partial charge in [0.15, 0.2) is 34.7 Å². The third kappa shape index (κ3) is 2.97. The number of fused-ring (bicyclic) bond motifs is 3. The minimum absolute atomic E-state index is 0.209. The molecule has 0 heterocycles. The summed E-state index contributed by atoms with van der Waals surface area (Å²) >= 11 is 0. The molecular weight excluding hydrogens is 473 g/mol. The van der Waals surface area contributed by atoms with Crippen LogP contribution in [0, 0.1) is 29.5 Å². The predicted molar refractivity (Wildman–Crippen MR) is 120 cm³/mol. The van der Waals surface area contributed by atoms with Crippen molar-refractivity contribution in [3.8, 4) is 16.9 Å². The first-order chi connectivity index (χ1) is 16.9. The van der Waals surface area contributed by atoms with E-state index in [1.165, 1.54) is 36.4 Å². The minimum atomic E-state index is -2.97. The third-order valence-electron chi connectivity index (χ3n) is 7.99. The molecule has 3 aliphatic carbocycles. The smallest absolute Gasteiger partial charge is 0.235 e. The minimum Gasteiger partial charge on any atom is -0.507 e. The maximum Gasteiger partial charge on any atom is 0.235 e. The summed E-state index contributed by atoms with van der Waals surface area (Å²) in [6, 6.07) is 8.19. The summed E-state index contributed by atoms with van der Waals surface area (Å²) in [5, 5.41) is 33.2. The molecule has 0 saturated heterocycles. The van der Waals surface area contributed by atoms with Crippen LogP contribution in [0.25, 0.3) is 11.1 Å². The van der Waals surface area contributed by atoms with Gasteiger partial charge in [-0.2, -0.15) is 0 Å². The highest BCUT2D eigenvalue weighted by Gasteiger charge is 2.70. The van der Waals surface area contributed by atoms with Crippen molar-refractivity contribution in [3.05, 3.63) is 53.3 Å². The number of hydrogen-bond acceptors (Lipinski definition) is 8. The van der Waals surface area contributed by atoms with E-state index >= 15 is 0 Å². The molecule has 0 aliphatic heterocycles. The van der Waals surface area contributed by atoms with Crippen molar-refractivity contribution < 1.29 is 43.7 Å². The first-order valence-corrected chi connectivity index (χ1v) is 11.4. The van der Waals surface area contributed by atoms with Crippen molar-refractivity contribution in [2.24, 2.45) is 29.4 Å². The Morgan fingerprint density at radius 3 is 2.31 bits per heavy atom. The Morgan fingerprint density at radius 2 is 1.69 bits per heavy atom. The summed E-state index contributed by atoms with van der Waals surface area (Å²) in [7, 11) is 0. The molecule has 0 bridgehead atoms. The molecule has 2 saturated carbocycles. The predicted octanol–water partition coefficient (Wildman–Crippen LogP) is 0.665. The molecule has 36 heavy (non-hydrogen) atoms. The fraction of sp³-hybridized carbons (Fsp3) is 0.346. The van der Waals surface area contributed by atoms with Gasteiger partial charge in [-0.05, 0) is 40.8 Å². The summed E-state index contributed by atoms with van der Waals surface area (Å²) < 4.78 is 13.5. The van der Waals surface area contributed by atoms with Gasteiger partial charge in [0.25, 0.3) is 0 Å². The number of nitrogens with two attached hydrogens (primary N) is 1. The number of amides is 1. The molecule has 1 amide bonds. The number of halogens is 1. The molecule has 7 atom stereocenters. The standard InChI is InChI=1S/C26H22FNO8/c1-9-16-12(10-2-4-11(27)5-3-10)6-7-14(29)18(16)22(32)20-17(9)21(31)13-8-15(30)19(25(28)35)23(33)26(13,36)24(20)34/h2-7,9,13,17,19-21,29,31,36H,8H2,1H3,(H2,28,35)/t9-,13+,17+,19?,20?,21+,26+/m0/s1. The average Bonchev–Trinajstić information content (AvgIpc) is 2.82. The van der Waals surface area contributed by atoms with E-state index in [0.29, 0.717) is 16.7 Å². The number of Topliss-reactive ketones (excluding diaryl/α,β-unsaturated/α-hetero) is 4. The van der Waals surface area contributed by atoms with Crippen molar-refractivity contribution in [1.29, 1.82) is 0 Å². The van der Waals surface area contributed by atoms with Gasteiger partial charge < -0.3 is 21.1 Å². The number of carbonyl (C=O) groups excluding carboxylic acids is 5. The van der Waals surface area contributed by atoms with Crippen LogP contribution in [0.3, 0.4) is 0 Å². The number of benzene rings is 2. The SMILES string of the molecule is C[C@H]1c2c(-c3ccc(F)cc3)ccc(O)c2C(=O)C2C(=O)[C@]3(O)C(=O)C(C(N)=O)C(=O)C[C@@H]3[C@@H](O)[C@@H]21. The van der Waals surface area contributed by atoms with Crippen LogP contribution in [0.2, 0.25) is 0 Å². The first-order valence-electron chi connectivity index (χ1n) is 11.4. The molecule has 2 aromatic rings. The third-order valence-corrected chi connectivity index (χ3v) is 7.99. The summed E-state index contributed by atoms with van der Waals surface area (Å²) in [5.41, 5.74) is 3.29. The molecule has 9 nitrogen and oxygen atoms in total. The maximum atomic E-state index is 13.7. The zero-order valence-corrected chi connectivity index (χ0v) is 19.0. The molecule has 2 fully saturated rings. The highest BCUT2D eigenvalue weighted by Crippen LogP contribution is 2.55. The number of carbonyl (C=O) groups is 5. The normalized spacial score (nSPS) is 33.6. The van der Waals surface area contributed by atoms with Crippen LogP contribution in [0.5, 0.6) is 5.75 Å². The summed E-state index contributed by atoms with van der Waals surface area (Å²) in [4.78, 5) is 64.6. The van der Waals surface area contributed by atoms with Gasteiger partial charge in [-0.1, -0.05) is 25.1 Å². The van der Waals surface area contributed by atoms with Gasteiger partial charge in [-0.15, -0.1) is 0 Å². The molecule has 2 unspecified atom stereocenters. The number of hydrogen-bond donors (Lipinski definition) is 4. The van der Waals surface area contributed by atoms with Crippen molar-refractivity contribution in [2.75, 3.05) is 0 Å². The van der Waals surface area contributed by atoms with Gasteiger partial charge in [0.1, 0.15) is 11.6 Å². The van der Waals surface area contributed by atoms with E-state index in [9.17, 15) is 43.7 Å². The van der Waals surface area contributed by atoms with Gasteiger partial charge in [-0.3, -0.25) is 24.0 Å². The van der Waals surface area contributed by atoms with E-state index in [4.69, 9.17) is 5.73 Å². The highest BCUT2D eigenvalue weighted by molar-refractivity contribution is 6.31. The molecule has 0 radical (unpaired) electrons. The molecule has 3 aliphatic rings. The number of aliphatic hydroxyl groups excluding tert-OH is 1. The van der Waals surface area contributed by atoms with E-state index in [0.717, 1.165) is 0 Å². The lowest BCUT2D eigenvalue weighted by Gasteiger charge is -2.53. The highest BCUT2D eigenvalue weighted by atomic mass is 19.1. The Kier molecular flexibility index (Phi) is 5.24. The van der Waals surface area contributed by atoms with Gasteiger partial charge in [0.05, 0.1) is 17.6 Å². The van der Waals surface area contributed by atoms with Crippen molar-refractivity contribution in [1.82, 2.24) is 0 Å². The van der Waals surface area contributed by atoms with Gasteiger partial charge in [0.2, 0.25) is 5.91 Å².